The second-order valence-corrected chi connectivity index (χ2v) is 4.86. The lowest BCUT2D eigenvalue weighted by atomic mass is 10.0. The van der Waals surface area contributed by atoms with Gasteiger partial charge < -0.3 is 10.1 Å². The lowest BCUT2D eigenvalue weighted by molar-refractivity contribution is 0.340. The van der Waals surface area contributed by atoms with Gasteiger partial charge in [0.2, 0.25) is 0 Å². The average molecular weight is 233 g/mol. The van der Waals surface area contributed by atoms with Crippen molar-refractivity contribution >= 4 is 0 Å². The molecule has 94 valence electrons. The monoisotopic (exact) mass is 233 g/mol. The summed E-state index contributed by atoms with van der Waals surface area (Å²) in [6, 6.07) is 8.99. The summed E-state index contributed by atoms with van der Waals surface area (Å²) in [6.45, 7) is 2.75. The molecule has 17 heavy (non-hydrogen) atoms. The Balaban J connectivity index is 1.92. The molecule has 1 atom stereocenters. The third-order valence-corrected chi connectivity index (χ3v) is 3.50. The number of benzene rings is 1. The van der Waals surface area contributed by atoms with Crippen molar-refractivity contribution in [3.05, 3.63) is 29.8 Å². The van der Waals surface area contributed by atoms with Gasteiger partial charge in [0.05, 0.1) is 6.61 Å². The summed E-state index contributed by atoms with van der Waals surface area (Å²) in [4.78, 5) is 0. The fourth-order valence-electron chi connectivity index (χ4n) is 2.25. The first kappa shape index (κ1) is 12.4. The van der Waals surface area contributed by atoms with Gasteiger partial charge in [0.25, 0.3) is 0 Å². The Bertz CT molecular complexity index is 329. The Labute approximate surface area is 104 Å². The second-order valence-electron chi connectivity index (χ2n) is 4.86. The molecule has 2 rings (SSSR count). The summed E-state index contributed by atoms with van der Waals surface area (Å²) < 4.78 is 5.46. The Kier molecular flexibility index (Phi) is 4.43. The lowest BCUT2D eigenvalue weighted by Crippen LogP contribution is -2.16. The Morgan fingerprint density at radius 1 is 1.29 bits per heavy atom. The highest BCUT2D eigenvalue weighted by Gasteiger charge is 2.22. The number of hydrogen-bond acceptors (Lipinski definition) is 2. The van der Waals surface area contributed by atoms with Crippen molar-refractivity contribution in [2.24, 2.45) is 5.92 Å². The second kappa shape index (κ2) is 6.06. The van der Waals surface area contributed by atoms with Crippen molar-refractivity contribution < 1.29 is 4.74 Å². The third-order valence-electron chi connectivity index (χ3n) is 3.50. The Morgan fingerprint density at radius 2 is 2.00 bits per heavy atom. The third kappa shape index (κ3) is 3.74. The minimum Gasteiger partial charge on any atom is -0.494 e. The number of ether oxygens (including phenoxy) is 1. The highest BCUT2D eigenvalue weighted by atomic mass is 16.5. The zero-order chi connectivity index (χ0) is 12.1. The first-order valence-electron chi connectivity index (χ1n) is 6.73. The minimum atomic E-state index is 0.492. The molecule has 1 fully saturated rings. The van der Waals surface area contributed by atoms with Crippen LogP contribution < -0.4 is 10.1 Å². The molecule has 0 heterocycles. The van der Waals surface area contributed by atoms with Crippen LogP contribution >= 0.6 is 0 Å². The van der Waals surface area contributed by atoms with Crippen LogP contribution in [-0.2, 0) is 0 Å². The normalized spacial score (nSPS) is 16.8. The topological polar surface area (TPSA) is 21.3 Å². The molecule has 1 saturated carbocycles. The summed E-state index contributed by atoms with van der Waals surface area (Å²) in [5, 5.41) is 3.41. The van der Waals surface area contributed by atoms with E-state index in [1.165, 1.54) is 31.2 Å². The molecule has 0 spiro atoms. The van der Waals surface area contributed by atoms with Gasteiger partial charge in [-0.1, -0.05) is 25.0 Å². The molecule has 1 aromatic rings. The predicted octanol–water partition coefficient (Wildman–Crippen LogP) is 3.54. The van der Waals surface area contributed by atoms with Crippen LogP contribution in [0.15, 0.2) is 24.3 Å². The molecule has 0 aromatic heterocycles. The van der Waals surface area contributed by atoms with Crippen LogP contribution in [0.3, 0.4) is 0 Å². The van der Waals surface area contributed by atoms with Gasteiger partial charge >= 0.3 is 0 Å². The van der Waals surface area contributed by atoms with E-state index in [0.717, 1.165) is 18.3 Å². The van der Waals surface area contributed by atoms with Crippen LogP contribution in [0.1, 0.15) is 44.2 Å². The maximum atomic E-state index is 5.46. The van der Waals surface area contributed by atoms with Crippen molar-refractivity contribution in [1.82, 2.24) is 5.32 Å². The lowest BCUT2D eigenvalue weighted by Gasteiger charge is -2.17. The van der Waals surface area contributed by atoms with E-state index >= 15 is 0 Å². The SMILES string of the molecule is CCOc1ccc(C(CCC2CC2)NC)cc1. The standard InChI is InChI=1S/C15H23NO/c1-3-17-14-9-7-13(8-10-14)15(16-2)11-6-12-4-5-12/h7-10,12,15-16H,3-6,11H2,1-2H3. The molecule has 0 amide bonds. The molecular weight excluding hydrogens is 210 g/mol. The van der Waals surface area contributed by atoms with Crippen LogP contribution in [0.25, 0.3) is 0 Å². The maximum Gasteiger partial charge on any atom is 0.119 e. The van der Waals surface area contributed by atoms with Crippen molar-refractivity contribution in [1.29, 1.82) is 0 Å². The fourth-order valence-corrected chi connectivity index (χ4v) is 2.25. The maximum absolute atomic E-state index is 5.46. The van der Waals surface area contributed by atoms with E-state index in [2.05, 4.69) is 29.6 Å². The predicted molar refractivity (Wildman–Crippen MR) is 71.4 cm³/mol. The molecule has 0 radical (unpaired) electrons. The summed E-state index contributed by atoms with van der Waals surface area (Å²) in [7, 11) is 2.05. The molecule has 2 heteroatoms. The van der Waals surface area contributed by atoms with Gasteiger partial charge in [-0.05, 0) is 50.4 Å². The molecule has 1 N–H and O–H groups in total. The van der Waals surface area contributed by atoms with E-state index in [-0.39, 0.29) is 0 Å². The molecule has 0 bridgehead atoms. The summed E-state index contributed by atoms with van der Waals surface area (Å²) in [6.07, 6.45) is 5.49. The first-order chi connectivity index (χ1) is 8.33. The van der Waals surface area contributed by atoms with Gasteiger partial charge in [0.15, 0.2) is 0 Å². The fraction of sp³-hybridized carbons (Fsp3) is 0.600. The molecular formula is C15H23NO. The van der Waals surface area contributed by atoms with Gasteiger partial charge in [-0.25, -0.2) is 0 Å². The molecule has 1 unspecified atom stereocenters. The van der Waals surface area contributed by atoms with E-state index < -0.39 is 0 Å². The van der Waals surface area contributed by atoms with Crippen LogP contribution in [-0.4, -0.2) is 13.7 Å². The van der Waals surface area contributed by atoms with E-state index in [1.54, 1.807) is 0 Å². The number of nitrogens with one attached hydrogen (secondary N) is 1. The Hall–Kier alpha value is -1.02. The van der Waals surface area contributed by atoms with E-state index in [0.29, 0.717) is 6.04 Å². The molecule has 2 nitrogen and oxygen atoms in total. The minimum absolute atomic E-state index is 0.492. The summed E-state index contributed by atoms with van der Waals surface area (Å²) in [5.41, 5.74) is 1.37. The number of rotatable bonds is 7. The first-order valence-corrected chi connectivity index (χ1v) is 6.73. The van der Waals surface area contributed by atoms with Crippen molar-refractivity contribution in [2.45, 2.75) is 38.6 Å². The molecule has 1 aliphatic rings. The van der Waals surface area contributed by atoms with Crippen LogP contribution in [0.2, 0.25) is 0 Å². The van der Waals surface area contributed by atoms with E-state index in [9.17, 15) is 0 Å². The zero-order valence-corrected chi connectivity index (χ0v) is 10.9. The largest absolute Gasteiger partial charge is 0.494 e. The highest BCUT2D eigenvalue weighted by molar-refractivity contribution is 5.29. The van der Waals surface area contributed by atoms with Gasteiger partial charge in [0.1, 0.15) is 5.75 Å². The molecule has 1 aliphatic carbocycles. The zero-order valence-electron chi connectivity index (χ0n) is 10.9. The molecule has 0 aliphatic heterocycles. The smallest absolute Gasteiger partial charge is 0.119 e. The molecule has 0 saturated heterocycles. The number of hydrogen-bond donors (Lipinski definition) is 1. The van der Waals surface area contributed by atoms with Gasteiger partial charge in [-0.3, -0.25) is 0 Å². The van der Waals surface area contributed by atoms with Crippen molar-refractivity contribution in [3.63, 3.8) is 0 Å². The van der Waals surface area contributed by atoms with Gasteiger partial charge in [0, 0.05) is 6.04 Å². The Morgan fingerprint density at radius 3 is 2.53 bits per heavy atom. The summed E-state index contributed by atoms with van der Waals surface area (Å²) in [5.74, 6) is 1.97. The van der Waals surface area contributed by atoms with Crippen LogP contribution in [0.4, 0.5) is 0 Å². The van der Waals surface area contributed by atoms with E-state index in [4.69, 9.17) is 4.74 Å². The van der Waals surface area contributed by atoms with Crippen molar-refractivity contribution in [3.8, 4) is 5.75 Å². The van der Waals surface area contributed by atoms with Gasteiger partial charge in [-0.2, -0.15) is 0 Å². The van der Waals surface area contributed by atoms with Crippen molar-refractivity contribution in [2.75, 3.05) is 13.7 Å². The van der Waals surface area contributed by atoms with E-state index in [1.807, 2.05) is 14.0 Å². The van der Waals surface area contributed by atoms with Crippen LogP contribution in [0.5, 0.6) is 5.75 Å². The highest BCUT2D eigenvalue weighted by Crippen LogP contribution is 2.35. The van der Waals surface area contributed by atoms with Gasteiger partial charge in [-0.15, -0.1) is 0 Å². The van der Waals surface area contributed by atoms with Crippen LogP contribution in [0, 0.1) is 5.92 Å². The summed E-state index contributed by atoms with van der Waals surface area (Å²) >= 11 is 0. The quantitative estimate of drug-likeness (QED) is 0.778. The molecule has 1 aromatic carbocycles. The average Bonchev–Trinajstić information content (AvgIpc) is 3.16.